The van der Waals surface area contributed by atoms with Gasteiger partial charge in [-0.3, -0.25) is 9.59 Å². The van der Waals surface area contributed by atoms with Gasteiger partial charge in [0.15, 0.2) is 0 Å². The van der Waals surface area contributed by atoms with Gasteiger partial charge in [-0.2, -0.15) is 5.26 Å². The highest BCUT2D eigenvalue weighted by molar-refractivity contribution is 6.33. The largest absolute Gasteiger partial charge is 0.489 e. The molecule has 0 aliphatic heterocycles. The molecule has 2 N–H and O–H groups in total. The molecule has 0 aliphatic rings. The second kappa shape index (κ2) is 10.3. The quantitative estimate of drug-likeness (QED) is 0.575. The van der Waals surface area contributed by atoms with Crippen molar-refractivity contribution in [2.45, 2.75) is 13.5 Å². The van der Waals surface area contributed by atoms with E-state index in [0.29, 0.717) is 27.6 Å². The van der Waals surface area contributed by atoms with Crippen LogP contribution in [0.15, 0.2) is 66.7 Å². The van der Waals surface area contributed by atoms with Gasteiger partial charge in [0.05, 0.1) is 28.9 Å². The zero-order chi connectivity index (χ0) is 22.2. The number of aryl methyl sites for hydroxylation is 1. The van der Waals surface area contributed by atoms with Crippen LogP contribution in [0.2, 0.25) is 5.02 Å². The summed E-state index contributed by atoms with van der Waals surface area (Å²) in [6, 6.07) is 21.2. The first-order chi connectivity index (χ1) is 15.0. The predicted octanol–water partition coefficient (Wildman–Crippen LogP) is 4.47. The van der Waals surface area contributed by atoms with Gasteiger partial charge in [0.2, 0.25) is 5.91 Å². The van der Waals surface area contributed by atoms with E-state index in [1.165, 1.54) is 0 Å². The molecule has 156 valence electrons. The van der Waals surface area contributed by atoms with Crippen molar-refractivity contribution in [2.75, 3.05) is 11.9 Å². The van der Waals surface area contributed by atoms with E-state index >= 15 is 0 Å². The molecule has 0 aromatic heterocycles. The van der Waals surface area contributed by atoms with Gasteiger partial charge in [0.1, 0.15) is 12.4 Å². The molecule has 2 amide bonds. The Morgan fingerprint density at radius 2 is 1.87 bits per heavy atom. The summed E-state index contributed by atoms with van der Waals surface area (Å²) < 4.78 is 5.73. The van der Waals surface area contributed by atoms with Gasteiger partial charge in [-0.15, -0.1) is 0 Å². The van der Waals surface area contributed by atoms with E-state index in [0.717, 1.165) is 11.1 Å². The second-order valence-corrected chi connectivity index (χ2v) is 7.21. The van der Waals surface area contributed by atoms with Gasteiger partial charge in [-0.05, 0) is 48.9 Å². The SMILES string of the molecule is Cc1ccc(NC(=O)CNC(=O)c2cccc(OCc3ccccc3C#N)c2)c(Cl)c1. The van der Waals surface area contributed by atoms with Crippen LogP contribution in [-0.2, 0) is 11.4 Å². The van der Waals surface area contributed by atoms with Gasteiger partial charge in [-0.1, -0.05) is 41.9 Å². The summed E-state index contributed by atoms with van der Waals surface area (Å²) in [6.45, 7) is 1.90. The number of nitrogens with one attached hydrogen (secondary N) is 2. The van der Waals surface area contributed by atoms with Crippen LogP contribution in [0.3, 0.4) is 0 Å². The molecule has 0 saturated carbocycles. The Labute approximate surface area is 185 Å². The van der Waals surface area contributed by atoms with E-state index in [1.54, 1.807) is 48.5 Å². The average Bonchev–Trinajstić information content (AvgIpc) is 2.78. The van der Waals surface area contributed by atoms with Crippen molar-refractivity contribution in [3.8, 4) is 11.8 Å². The van der Waals surface area contributed by atoms with Crippen molar-refractivity contribution < 1.29 is 14.3 Å². The molecule has 0 aliphatic carbocycles. The molecule has 3 aromatic carbocycles. The van der Waals surface area contributed by atoms with Crippen molar-refractivity contribution in [1.29, 1.82) is 5.26 Å². The molecule has 0 fully saturated rings. The third kappa shape index (κ3) is 6.08. The van der Waals surface area contributed by atoms with Crippen LogP contribution in [0, 0.1) is 18.3 Å². The molecule has 0 heterocycles. The minimum atomic E-state index is -0.409. The lowest BCUT2D eigenvalue weighted by molar-refractivity contribution is -0.115. The third-order valence-electron chi connectivity index (χ3n) is 4.44. The molecule has 7 heteroatoms. The predicted molar refractivity (Wildman–Crippen MR) is 119 cm³/mol. The topological polar surface area (TPSA) is 91.2 Å². The van der Waals surface area contributed by atoms with E-state index < -0.39 is 5.91 Å². The van der Waals surface area contributed by atoms with Crippen molar-refractivity contribution in [3.63, 3.8) is 0 Å². The van der Waals surface area contributed by atoms with Gasteiger partial charge in [0.25, 0.3) is 5.91 Å². The number of amides is 2. The fourth-order valence-corrected chi connectivity index (χ4v) is 3.10. The Balaban J connectivity index is 1.56. The highest BCUT2D eigenvalue weighted by Crippen LogP contribution is 2.22. The minimum absolute atomic E-state index is 0.203. The van der Waals surface area contributed by atoms with Gasteiger partial charge < -0.3 is 15.4 Å². The molecular weight excluding hydrogens is 414 g/mol. The Kier molecular flexibility index (Phi) is 7.26. The summed E-state index contributed by atoms with van der Waals surface area (Å²) in [6.07, 6.45) is 0. The molecule has 0 unspecified atom stereocenters. The highest BCUT2D eigenvalue weighted by Gasteiger charge is 2.11. The number of anilines is 1. The van der Waals surface area contributed by atoms with Crippen LogP contribution in [0.5, 0.6) is 5.75 Å². The van der Waals surface area contributed by atoms with E-state index in [2.05, 4.69) is 16.7 Å². The monoisotopic (exact) mass is 433 g/mol. The summed E-state index contributed by atoms with van der Waals surface area (Å²) in [5.41, 5.74) is 3.11. The number of ether oxygens (including phenoxy) is 1. The maximum Gasteiger partial charge on any atom is 0.251 e. The van der Waals surface area contributed by atoms with E-state index in [-0.39, 0.29) is 19.1 Å². The molecular formula is C24H20ClN3O3. The van der Waals surface area contributed by atoms with Crippen LogP contribution in [0.1, 0.15) is 27.0 Å². The summed E-state index contributed by atoms with van der Waals surface area (Å²) >= 11 is 6.11. The molecule has 0 radical (unpaired) electrons. The standard InChI is InChI=1S/C24H20ClN3O3/c1-16-9-10-22(21(25)11-16)28-23(29)14-27-24(30)17-7-4-8-20(12-17)31-15-19-6-3-2-5-18(19)13-26/h2-12H,14-15H2,1H3,(H,27,30)(H,28,29). The maximum atomic E-state index is 12.4. The smallest absolute Gasteiger partial charge is 0.251 e. The fraction of sp³-hybridized carbons (Fsp3) is 0.125. The molecule has 31 heavy (non-hydrogen) atoms. The Hall–Kier alpha value is -3.82. The van der Waals surface area contributed by atoms with Crippen LogP contribution in [-0.4, -0.2) is 18.4 Å². The summed E-state index contributed by atoms with van der Waals surface area (Å²) in [5.74, 6) is -0.316. The van der Waals surface area contributed by atoms with E-state index in [4.69, 9.17) is 21.6 Å². The van der Waals surface area contributed by atoms with Crippen molar-refractivity contribution in [2.24, 2.45) is 0 Å². The third-order valence-corrected chi connectivity index (χ3v) is 4.75. The number of hydrogen-bond donors (Lipinski definition) is 2. The number of carbonyl (C=O) groups excluding carboxylic acids is 2. The fourth-order valence-electron chi connectivity index (χ4n) is 2.82. The molecule has 0 bridgehead atoms. The molecule has 3 aromatic rings. The first kappa shape index (κ1) is 21.9. The van der Waals surface area contributed by atoms with Crippen LogP contribution < -0.4 is 15.4 Å². The van der Waals surface area contributed by atoms with E-state index in [1.807, 2.05) is 25.1 Å². The summed E-state index contributed by atoms with van der Waals surface area (Å²) in [4.78, 5) is 24.6. The van der Waals surface area contributed by atoms with Crippen LogP contribution >= 0.6 is 11.6 Å². The van der Waals surface area contributed by atoms with Crippen LogP contribution in [0.25, 0.3) is 0 Å². The van der Waals surface area contributed by atoms with Gasteiger partial charge in [0, 0.05) is 11.1 Å². The normalized spacial score (nSPS) is 10.1. The number of nitriles is 1. The van der Waals surface area contributed by atoms with E-state index in [9.17, 15) is 9.59 Å². The minimum Gasteiger partial charge on any atom is -0.489 e. The number of benzene rings is 3. The number of nitrogens with zero attached hydrogens (tertiary/aromatic N) is 1. The van der Waals surface area contributed by atoms with Gasteiger partial charge >= 0.3 is 0 Å². The number of rotatable bonds is 7. The van der Waals surface area contributed by atoms with Crippen molar-refractivity contribution >= 4 is 29.1 Å². The van der Waals surface area contributed by atoms with Crippen LogP contribution in [0.4, 0.5) is 5.69 Å². The molecule has 0 spiro atoms. The number of hydrogen-bond acceptors (Lipinski definition) is 4. The zero-order valence-corrected chi connectivity index (χ0v) is 17.6. The number of carbonyl (C=O) groups is 2. The Bertz CT molecular complexity index is 1150. The second-order valence-electron chi connectivity index (χ2n) is 6.80. The van der Waals surface area contributed by atoms with Crippen molar-refractivity contribution in [1.82, 2.24) is 5.32 Å². The highest BCUT2D eigenvalue weighted by atomic mass is 35.5. The zero-order valence-electron chi connectivity index (χ0n) is 16.8. The Morgan fingerprint density at radius 1 is 1.06 bits per heavy atom. The molecule has 0 saturated heterocycles. The summed E-state index contributed by atoms with van der Waals surface area (Å²) in [5, 5.41) is 14.8. The lowest BCUT2D eigenvalue weighted by Crippen LogP contribution is -2.32. The molecule has 0 atom stereocenters. The Morgan fingerprint density at radius 3 is 2.65 bits per heavy atom. The lowest BCUT2D eigenvalue weighted by Gasteiger charge is -2.10. The number of halogens is 1. The first-order valence-corrected chi connectivity index (χ1v) is 9.89. The maximum absolute atomic E-state index is 12.4. The first-order valence-electron chi connectivity index (χ1n) is 9.51. The van der Waals surface area contributed by atoms with Crippen molar-refractivity contribution in [3.05, 3.63) is 94.0 Å². The molecule has 3 rings (SSSR count). The van der Waals surface area contributed by atoms with Gasteiger partial charge in [-0.25, -0.2) is 0 Å². The summed E-state index contributed by atoms with van der Waals surface area (Å²) in [7, 11) is 0. The lowest BCUT2D eigenvalue weighted by atomic mass is 10.1. The molecule has 6 nitrogen and oxygen atoms in total. The average molecular weight is 434 g/mol.